The van der Waals surface area contributed by atoms with Gasteiger partial charge in [0.15, 0.2) is 0 Å². The monoisotopic (exact) mass is 224 g/mol. The average molecular weight is 224 g/mol. The summed E-state index contributed by atoms with van der Waals surface area (Å²) in [5, 5.41) is 2.94. The van der Waals surface area contributed by atoms with Gasteiger partial charge < -0.3 is 11.1 Å². The Morgan fingerprint density at radius 2 is 2.06 bits per heavy atom. The number of hydrogen-bond donors (Lipinski definition) is 2. The number of anilines is 1. The van der Waals surface area contributed by atoms with Crippen LogP contribution in [0, 0.1) is 11.2 Å². The summed E-state index contributed by atoms with van der Waals surface area (Å²) < 4.78 is 13.0. The molecule has 3 N–H and O–H groups in total. The van der Waals surface area contributed by atoms with Crippen molar-refractivity contribution in [2.45, 2.75) is 26.8 Å². The van der Waals surface area contributed by atoms with Crippen LogP contribution in [-0.4, -0.2) is 11.9 Å². The minimum atomic E-state index is -0.533. The Kier molecular flexibility index (Phi) is 3.52. The van der Waals surface area contributed by atoms with E-state index in [0.717, 1.165) is 0 Å². The van der Waals surface area contributed by atoms with Crippen LogP contribution in [0.3, 0.4) is 0 Å². The van der Waals surface area contributed by atoms with Crippen molar-refractivity contribution in [1.82, 2.24) is 0 Å². The quantitative estimate of drug-likeness (QED) is 0.826. The summed E-state index contributed by atoms with van der Waals surface area (Å²) in [6.07, 6.45) is 0. The van der Waals surface area contributed by atoms with Crippen LogP contribution in [0.15, 0.2) is 24.3 Å². The van der Waals surface area contributed by atoms with Crippen LogP contribution in [-0.2, 0) is 4.79 Å². The molecule has 88 valence electrons. The Hall–Kier alpha value is -1.58. The molecule has 0 aliphatic rings. The molecular weight excluding hydrogens is 207 g/mol. The van der Waals surface area contributed by atoms with Gasteiger partial charge in [0.2, 0.25) is 5.91 Å². The van der Waals surface area contributed by atoms with E-state index in [1.165, 1.54) is 12.1 Å². The van der Waals surface area contributed by atoms with Crippen LogP contribution in [0.2, 0.25) is 0 Å². The summed E-state index contributed by atoms with van der Waals surface area (Å²) in [5.41, 5.74) is 5.55. The third-order valence-corrected chi connectivity index (χ3v) is 2.29. The fraction of sp³-hybridized carbons (Fsp3) is 0.417. The van der Waals surface area contributed by atoms with Gasteiger partial charge in [-0.15, -0.1) is 0 Å². The molecule has 1 rings (SSSR count). The molecule has 4 heteroatoms. The van der Waals surface area contributed by atoms with Gasteiger partial charge in [0.05, 0.1) is 0 Å². The highest BCUT2D eigenvalue weighted by Crippen LogP contribution is 2.23. The first-order chi connectivity index (χ1) is 7.30. The van der Waals surface area contributed by atoms with Crippen molar-refractivity contribution in [3.63, 3.8) is 0 Å². The van der Waals surface area contributed by atoms with E-state index in [4.69, 9.17) is 5.73 Å². The van der Waals surface area contributed by atoms with E-state index in [1.807, 2.05) is 20.8 Å². The molecule has 1 unspecified atom stereocenters. The molecule has 1 aromatic carbocycles. The molecule has 0 aliphatic heterocycles. The Balaban J connectivity index is 2.89. The van der Waals surface area contributed by atoms with E-state index >= 15 is 0 Å². The molecule has 3 nitrogen and oxygen atoms in total. The third-order valence-electron chi connectivity index (χ3n) is 2.29. The lowest BCUT2D eigenvalue weighted by atomic mass is 9.86. The maximum absolute atomic E-state index is 13.0. The topological polar surface area (TPSA) is 55.1 Å². The van der Waals surface area contributed by atoms with Crippen LogP contribution in [0.25, 0.3) is 0 Å². The van der Waals surface area contributed by atoms with Crippen molar-refractivity contribution in [3.8, 4) is 0 Å². The van der Waals surface area contributed by atoms with Crippen molar-refractivity contribution >= 4 is 11.6 Å². The first-order valence-electron chi connectivity index (χ1n) is 5.12. The van der Waals surface area contributed by atoms with Gasteiger partial charge >= 0.3 is 0 Å². The number of hydrogen-bond acceptors (Lipinski definition) is 2. The number of benzene rings is 1. The molecule has 0 saturated heterocycles. The summed E-state index contributed by atoms with van der Waals surface area (Å²) in [4.78, 5) is 11.3. The second-order valence-electron chi connectivity index (χ2n) is 4.86. The van der Waals surface area contributed by atoms with Crippen molar-refractivity contribution in [2.75, 3.05) is 5.32 Å². The van der Waals surface area contributed by atoms with Crippen LogP contribution >= 0.6 is 0 Å². The number of amides is 1. The highest BCUT2D eigenvalue weighted by atomic mass is 19.1. The number of carbonyl (C=O) groups excluding carboxylic acids is 1. The third kappa shape index (κ3) is 3.22. The molecule has 0 bridgehead atoms. The number of rotatable bonds is 3. The predicted molar refractivity (Wildman–Crippen MR) is 62.5 cm³/mol. The van der Waals surface area contributed by atoms with Crippen molar-refractivity contribution in [1.29, 1.82) is 0 Å². The van der Waals surface area contributed by atoms with Gasteiger partial charge in [0, 0.05) is 5.69 Å². The maximum atomic E-state index is 13.0. The minimum Gasteiger partial charge on any atom is -0.373 e. The number of halogens is 1. The number of carbonyl (C=O) groups is 1. The van der Waals surface area contributed by atoms with Gasteiger partial charge in [-0.3, -0.25) is 4.79 Å². The molecule has 1 aromatic rings. The fourth-order valence-corrected chi connectivity index (χ4v) is 1.46. The second-order valence-corrected chi connectivity index (χ2v) is 4.86. The van der Waals surface area contributed by atoms with E-state index in [2.05, 4.69) is 5.32 Å². The molecule has 1 amide bonds. The molecule has 0 radical (unpaired) electrons. The van der Waals surface area contributed by atoms with Crippen molar-refractivity contribution in [3.05, 3.63) is 30.1 Å². The van der Waals surface area contributed by atoms with E-state index in [9.17, 15) is 9.18 Å². The average Bonchev–Trinajstić information content (AvgIpc) is 2.12. The van der Waals surface area contributed by atoms with Gasteiger partial charge in [-0.25, -0.2) is 4.39 Å². The molecule has 0 heterocycles. The summed E-state index contributed by atoms with van der Waals surface area (Å²) in [5.74, 6) is -0.793. The van der Waals surface area contributed by atoms with E-state index < -0.39 is 11.9 Å². The van der Waals surface area contributed by atoms with Crippen LogP contribution in [0.5, 0.6) is 0 Å². The predicted octanol–water partition coefficient (Wildman–Crippen LogP) is 2.14. The van der Waals surface area contributed by atoms with Gasteiger partial charge in [0.25, 0.3) is 0 Å². The fourth-order valence-electron chi connectivity index (χ4n) is 1.46. The Labute approximate surface area is 94.8 Å². The summed E-state index contributed by atoms with van der Waals surface area (Å²) >= 11 is 0. The Bertz CT molecular complexity index is 385. The van der Waals surface area contributed by atoms with Gasteiger partial charge in [0.1, 0.15) is 11.9 Å². The van der Waals surface area contributed by atoms with Gasteiger partial charge in [-0.05, 0) is 23.6 Å². The lowest BCUT2D eigenvalue weighted by Gasteiger charge is -2.29. The lowest BCUT2D eigenvalue weighted by molar-refractivity contribution is -0.120. The summed E-state index contributed by atoms with van der Waals surface area (Å²) in [6, 6.07) is 5.43. The SMILES string of the molecule is CC(C)(C)C(Nc1cccc(F)c1)C(N)=O. The zero-order valence-electron chi connectivity index (χ0n) is 9.75. The van der Waals surface area contributed by atoms with Crippen LogP contribution < -0.4 is 11.1 Å². The van der Waals surface area contributed by atoms with Crippen molar-refractivity contribution in [2.24, 2.45) is 11.1 Å². The van der Waals surface area contributed by atoms with Crippen LogP contribution in [0.4, 0.5) is 10.1 Å². The largest absolute Gasteiger partial charge is 0.373 e. The molecule has 16 heavy (non-hydrogen) atoms. The smallest absolute Gasteiger partial charge is 0.240 e. The first-order valence-corrected chi connectivity index (χ1v) is 5.12. The highest BCUT2D eigenvalue weighted by Gasteiger charge is 2.29. The highest BCUT2D eigenvalue weighted by molar-refractivity contribution is 5.83. The molecule has 0 aliphatic carbocycles. The molecule has 0 saturated carbocycles. The van der Waals surface area contributed by atoms with E-state index in [-0.39, 0.29) is 11.2 Å². The standard InChI is InChI=1S/C12H17FN2O/c1-12(2,3)10(11(14)16)15-9-6-4-5-8(13)7-9/h4-7,10,15H,1-3H3,(H2,14,16). The molecule has 0 fully saturated rings. The molecule has 0 aromatic heterocycles. The Morgan fingerprint density at radius 3 is 2.50 bits per heavy atom. The summed E-state index contributed by atoms with van der Waals surface area (Å²) in [7, 11) is 0. The van der Waals surface area contributed by atoms with Gasteiger partial charge in [-0.2, -0.15) is 0 Å². The number of nitrogens with one attached hydrogen (secondary N) is 1. The zero-order chi connectivity index (χ0) is 12.3. The number of primary amides is 1. The van der Waals surface area contributed by atoms with Crippen LogP contribution in [0.1, 0.15) is 20.8 Å². The lowest BCUT2D eigenvalue weighted by Crippen LogP contribution is -2.45. The van der Waals surface area contributed by atoms with E-state index in [0.29, 0.717) is 5.69 Å². The molecule has 0 spiro atoms. The second kappa shape index (κ2) is 4.51. The van der Waals surface area contributed by atoms with Crippen molar-refractivity contribution < 1.29 is 9.18 Å². The zero-order valence-corrected chi connectivity index (χ0v) is 9.75. The van der Waals surface area contributed by atoms with Gasteiger partial charge in [-0.1, -0.05) is 26.8 Å². The normalized spacial score (nSPS) is 13.2. The van der Waals surface area contributed by atoms with E-state index in [1.54, 1.807) is 12.1 Å². The maximum Gasteiger partial charge on any atom is 0.240 e. The first kappa shape index (κ1) is 12.5. The number of nitrogens with two attached hydrogens (primary N) is 1. The molecule has 1 atom stereocenters. The molecular formula is C12H17FN2O. The Morgan fingerprint density at radius 1 is 1.44 bits per heavy atom. The summed E-state index contributed by atoms with van der Waals surface area (Å²) in [6.45, 7) is 5.69. The minimum absolute atomic E-state index is 0.321.